The first kappa shape index (κ1) is 14.1. The molecule has 0 saturated carbocycles. The number of alkyl halides is 3. The van der Waals surface area contributed by atoms with Crippen LogP contribution in [0, 0.1) is 5.82 Å². The Morgan fingerprint density at radius 3 is 2.24 bits per heavy atom. The molecule has 0 atom stereocenters. The van der Waals surface area contributed by atoms with Gasteiger partial charge in [0.25, 0.3) is 0 Å². The SMILES string of the molecule is O=C(O)c1cc(F)c(Cl)c(CC(F)(F)F)c1Cl. The minimum atomic E-state index is -4.67. The van der Waals surface area contributed by atoms with Crippen molar-refractivity contribution in [2.75, 3.05) is 0 Å². The summed E-state index contributed by atoms with van der Waals surface area (Å²) in [5.74, 6) is -2.89. The van der Waals surface area contributed by atoms with Gasteiger partial charge in [0.15, 0.2) is 0 Å². The van der Waals surface area contributed by atoms with Gasteiger partial charge in [-0.15, -0.1) is 0 Å². The lowest BCUT2D eigenvalue weighted by atomic mass is 10.1. The Kier molecular flexibility index (Phi) is 3.88. The van der Waals surface area contributed by atoms with Crippen molar-refractivity contribution in [3.63, 3.8) is 0 Å². The number of carbonyl (C=O) groups is 1. The van der Waals surface area contributed by atoms with Crippen molar-refractivity contribution in [3.8, 4) is 0 Å². The molecule has 1 aromatic carbocycles. The van der Waals surface area contributed by atoms with E-state index in [9.17, 15) is 22.4 Å². The van der Waals surface area contributed by atoms with E-state index in [1.54, 1.807) is 0 Å². The summed E-state index contributed by atoms with van der Waals surface area (Å²) in [5, 5.41) is 7.10. The van der Waals surface area contributed by atoms with Gasteiger partial charge in [-0.25, -0.2) is 9.18 Å². The third-order valence-electron chi connectivity index (χ3n) is 1.85. The third kappa shape index (κ3) is 3.23. The van der Waals surface area contributed by atoms with Gasteiger partial charge in [-0.05, 0) is 6.07 Å². The molecule has 0 aliphatic rings. The number of rotatable bonds is 2. The summed E-state index contributed by atoms with van der Waals surface area (Å²) in [6.07, 6.45) is -6.26. The second-order valence-electron chi connectivity index (χ2n) is 3.11. The maximum absolute atomic E-state index is 13.1. The van der Waals surface area contributed by atoms with Crippen molar-refractivity contribution in [1.82, 2.24) is 0 Å². The molecule has 1 N–H and O–H groups in total. The van der Waals surface area contributed by atoms with E-state index in [2.05, 4.69) is 0 Å². The molecule has 0 fully saturated rings. The van der Waals surface area contributed by atoms with E-state index in [4.69, 9.17) is 28.3 Å². The molecule has 0 aliphatic carbocycles. The summed E-state index contributed by atoms with van der Waals surface area (Å²) in [5.41, 5.74) is -1.54. The van der Waals surface area contributed by atoms with Crippen LogP contribution in [0.1, 0.15) is 15.9 Å². The number of halogens is 6. The monoisotopic (exact) mass is 290 g/mol. The van der Waals surface area contributed by atoms with E-state index in [-0.39, 0.29) is 0 Å². The number of carboxylic acid groups (broad SMARTS) is 1. The first-order valence-corrected chi connectivity index (χ1v) is 4.85. The normalized spacial score (nSPS) is 11.6. The van der Waals surface area contributed by atoms with Crippen LogP contribution in [0.2, 0.25) is 10.0 Å². The number of aromatic carboxylic acids is 1. The maximum Gasteiger partial charge on any atom is 0.393 e. The molecule has 0 aromatic heterocycles. The first-order chi connectivity index (χ1) is 7.63. The van der Waals surface area contributed by atoms with Gasteiger partial charge in [-0.2, -0.15) is 13.2 Å². The molecule has 0 aliphatic heterocycles. The van der Waals surface area contributed by atoms with Gasteiger partial charge >= 0.3 is 12.1 Å². The van der Waals surface area contributed by atoms with Gasteiger partial charge in [0.2, 0.25) is 0 Å². The van der Waals surface area contributed by atoms with Crippen LogP contribution in [0.15, 0.2) is 6.07 Å². The van der Waals surface area contributed by atoms with Gasteiger partial charge in [0.1, 0.15) is 5.82 Å². The van der Waals surface area contributed by atoms with Gasteiger partial charge in [0, 0.05) is 5.56 Å². The molecule has 0 heterocycles. The molecule has 8 heteroatoms. The minimum Gasteiger partial charge on any atom is -0.478 e. The Bertz CT molecular complexity index is 471. The highest BCUT2D eigenvalue weighted by Crippen LogP contribution is 2.35. The molecule has 94 valence electrons. The van der Waals surface area contributed by atoms with Crippen molar-refractivity contribution in [2.45, 2.75) is 12.6 Å². The van der Waals surface area contributed by atoms with Crippen molar-refractivity contribution in [2.24, 2.45) is 0 Å². The summed E-state index contributed by atoms with van der Waals surface area (Å²) >= 11 is 10.8. The summed E-state index contributed by atoms with van der Waals surface area (Å²) in [7, 11) is 0. The lowest BCUT2D eigenvalue weighted by Crippen LogP contribution is -2.14. The van der Waals surface area contributed by atoms with Crippen molar-refractivity contribution < 1.29 is 27.5 Å². The number of hydrogen-bond donors (Lipinski definition) is 1. The van der Waals surface area contributed by atoms with Crippen LogP contribution in [-0.2, 0) is 6.42 Å². The van der Waals surface area contributed by atoms with Gasteiger partial charge in [-0.3, -0.25) is 0 Å². The van der Waals surface area contributed by atoms with Crippen LogP contribution in [-0.4, -0.2) is 17.3 Å². The Balaban J connectivity index is 3.42. The lowest BCUT2D eigenvalue weighted by Gasteiger charge is -2.12. The second kappa shape index (κ2) is 4.70. The average molecular weight is 291 g/mol. The summed E-state index contributed by atoms with van der Waals surface area (Å²) in [6, 6.07) is 0.479. The third-order valence-corrected chi connectivity index (χ3v) is 2.70. The first-order valence-electron chi connectivity index (χ1n) is 4.10. The van der Waals surface area contributed by atoms with Gasteiger partial charge < -0.3 is 5.11 Å². The molecule has 0 saturated heterocycles. The molecular weight excluding hydrogens is 287 g/mol. The summed E-state index contributed by atoms with van der Waals surface area (Å²) in [6.45, 7) is 0. The summed E-state index contributed by atoms with van der Waals surface area (Å²) < 4.78 is 49.7. The highest BCUT2D eigenvalue weighted by atomic mass is 35.5. The molecule has 1 aromatic rings. The van der Waals surface area contributed by atoms with Crippen LogP contribution < -0.4 is 0 Å². The van der Waals surface area contributed by atoms with Crippen LogP contribution in [0.3, 0.4) is 0 Å². The largest absolute Gasteiger partial charge is 0.478 e. The van der Waals surface area contributed by atoms with Crippen LogP contribution in [0.4, 0.5) is 17.6 Å². The topological polar surface area (TPSA) is 37.3 Å². The fourth-order valence-electron chi connectivity index (χ4n) is 1.17. The molecule has 0 spiro atoms. The Morgan fingerprint density at radius 1 is 1.29 bits per heavy atom. The van der Waals surface area contributed by atoms with Gasteiger partial charge in [-0.1, -0.05) is 23.2 Å². The highest BCUT2D eigenvalue weighted by molar-refractivity contribution is 6.38. The molecule has 0 unspecified atom stereocenters. The number of carboxylic acids is 1. The Labute approximate surface area is 103 Å². The fraction of sp³-hybridized carbons (Fsp3) is 0.222. The van der Waals surface area contributed by atoms with E-state index in [1.807, 2.05) is 0 Å². The second-order valence-corrected chi connectivity index (χ2v) is 3.87. The van der Waals surface area contributed by atoms with E-state index in [0.29, 0.717) is 6.07 Å². The van der Waals surface area contributed by atoms with Crippen molar-refractivity contribution >= 4 is 29.2 Å². The molecule has 0 amide bonds. The van der Waals surface area contributed by atoms with E-state index in [1.165, 1.54) is 0 Å². The predicted molar refractivity (Wildman–Crippen MR) is 53.1 cm³/mol. The van der Waals surface area contributed by atoms with Crippen molar-refractivity contribution in [3.05, 3.63) is 33.1 Å². The number of benzene rings is 1. The molecule has 2 nitrogen and oxygen atoms in total. The number of hydrogen-bond acceptors (Lipinski definition) is 1. The van der Waals surface area contributed by atoms with Crippen LogP contribution >= 0.6 is 23.2 Å². The Hall–Kier alpha value is -1.01. The minimum absolute atomic E-state index is 0.479. The molecule has 1 rings (SSSR count). The smallest absolute Gasteiger partial charge is 0.393 e. The molecular formula is C9H4Cl2F4O2. The lowest BCUT2D eigenvalue weighted by molar-refractivity contribution is -0.127. The quantitative estimate of drug-likeness (QED) is 0.662. The summed E-state index contributed by atoms with van der Waals surface area (Å²) in [4.78, 5) is 10.6. The van der Waals surface area contributed by atoms with Crippen molar-refractivity contribution in [1.29, 1.82) is 0 Å². The van der Waals surface area contributed by atoms with E-state index >= 15 is 0 Å². The zero-order valence-electron chi connectivity index (χ0n) is 7.91. The zero-order valence-corrected chi connectivity index (χ0v) is 9.42. The molecule has 0 radical (unpaired) electrons. The van der Waals surface area contributed by atoms with Gasteiger partial charge in [0.05, 0.1) is 22.0 Å². The molecule has 17 heavy (non-hydrogen) atoms. The van der Waals surface area contributed by atoms with E-state index in [0.717, 1.165) is 0 Å². The predicted octanol–water partition coefficient (Wildman–Crippen LogP) is 3.94. The maximum atomic E-state index is 13.1. The van der Waals surface area contributed by atoms with E-state index < -0.39 is 45.6 Å². The van der Waals surface area contributed by atoms with Crippen LogP contribution in [0.25, 0.3) is 0 Å². The molecule has 0 bridgehead atoms. The fourth-order valence-corrected chi connectivity index (χ4v) is 1.73. The standard InChI is InChI=1S/C9H4Cl2F4O2/c10-6-3(8(16)17)1-5(12)7(11)4(6)2-9(13,14)15/h1H,2H2,(H,16,17). The Morgan fingerprint density at radius 2 is 1.82 bits per heavy atom. The zero-order chi connectivity index (χ0) is 13.4. The highest BCUT2D eigenvalue weighted by Gasteiger charge is 2.32. The van der Waals surface area contributed by atoms with Crippen LogP contribution in [0.5, 0.6) is 0 Å². The average Bonchev–Trinajstić information content (AvgIpc) is 2.16.